The van der Waals surface area contributed by atoms with E-state index in [2.05, 4.69) is 18.7 Å². The fourth-order valence-electron chi connectivity index (χ4n) is 1.68. The summed E-state index contributed by atoms with van der Waals surface area (Å²) in [5.41, 5.74) is 0. The average molecular weight is 157 g/mol. The van der Waals surface area contributed by atoms with Crippen molar-refractivity contribution in [3.05, 3.63) is 0 Å². The molecule has 0 aliphatic carbocycles. The van der Waals surface area contributed by atoms with E-state index in [0.717, 1.165) is 5.92 Å². The number of likely N-dealkylation sites (tertiary alicyclic amines) is 1. The summed E-state index contributed by atoms with van der Waals surface area (Å²) < 4.78 is 0. The van der Waals surface area contributed by atoms with Gasteiger partial charge in [0.2, 0.25) is 0 Å². The van der Waals surface area contributed by atoms with E-state index in [1.54, 1.807) is 0 Å². The Kier molecular flexibility index (Phi) is 3.34. The molecule has 0 bridgehead atoms. The van der Waals surface area contributed by atoms with Gasteiger partial charge in [-0.25, -0.2) is 0 Å². The van der Waals surface area contributed by atoms with Crippen LogP contribution in [0.15, 0.2) is 0 Å². The molecule has 1 unspecified atom stereocenters. The highest BCUT2D eigenvalue weighted by atomic mass is 16.3. The van der Waals surface area contributed by atoms with E-state index in [4.69, 9.17) is 5.11 Å². The molecule has 0 spiro atoms. The van der Waals surface area contributed by atoms with Crippen LogP contribution in [0.5, 0.6) is 0 Å². The molecule has 1 N–H and O–H groups in total. The third-order valence-corrected chi connectivity index (χ3v) is 2.57. The van der Waals surface area contributed by atoms with Gasteiger partial charge in [0, 0.05) is 19.1 Å². The van der Waals surface area contributed by atoms with Crippen LogP contribution in [0.4, 0.5) is 0 Å². The molecule has 2 heteroatoms. The average Bonchev–Trinajstić information content (AvgIpc) is 1.94. The number of aliphatic hydroxyl groups is 1. The van der Waals surface area contributed by atoms with Gasteiger partial charge in [0.05, 0.1) is 6.61 Å². The number of hydrogen-bond donors (Lipinski definition) is 1. The highest BCUT2D eigenvalue weighted by molar-refractivity contribution is 4.82. The van der Waals surface area contributed by atoms with E-state index in [1.807, 2.05) is 0 Å². The van der Waals surface area contributed by atoms with E-state index in [9.17, 15) is 0 Å². The molecule has 1 fully saturated rings. The van der Waals surface area contributed by atoms with Crippen molar-refractivity contribution in [3.8, 4) is 0 Å². The monoisotopic (exact) mass is 157 g/mol. The summed E-state index contributed by atoms with van der Waals surface area (Å²) >= 11 is 0. The van der Waals surface area contributed by atoms with Crippen LogP contribution < -0.4 is 0 Å². The zero-order chi connectivity index (χ0) is 8.27. The Morgan fingerprint density at radius 3 is 2.64 bits per heavy atom. The molecule has 0 aromatic rings. The van der Waals surface area contributed by atoms with E-state index >= 15 is 0 Å². The van der Waals surface area contributed by atoms with Crippen molar-refractivity contribution in [2.24, 2.45) is 5.92 Å². The Bertz CT molecular complexity index is 110. The Morgan fingerprint density at radius 1 is 1.55 bits per heavy atom. The van der Waals surface area contributed by atoms with Crippen LogP contribution >= 0.6 is 0 Å². The fourth-order valence-corrected chi connectivity index (χ4v) is 1.68. The van der Waals surface area contributed by atoms with Crippen molar-refractivity contribution in [3.63, 3.8) is 0 Å². The van der Waals surface area contributed by atoms with Gasteiger partial charge >= 0.3 is 0 Å². The van der Waals surface area contributed by atoms with E-state index in [-0.39, 0.29) is 0 Å². The van der Waals surface area contributed by atoms with Gasteiger partial charge in [-0.05, 0) is 19.3 Å². The van der Waals surface area contributed by atoms with Crippen LogP contribution in [0.25, 0.3) is 0 Å². The summed E-state index contributed by atoms with van der Waals surface area (Å²) in [7, 11) is 0. The summed E-state index contributed by atoms with van der Waals surface area (Å²) in [6.07, 6.45) is 2.65. The molecular formula is C9H19NO. The molecule has 0 aromatic carbocycles. The van der Waals surface area contributed by atoms with Crippen molar-refractivity contribution in [1.82, 2.24) is 4.90 Å². The molecule has 0 radical (unpaired) electrons. The zero-order valence-corrected chi connectivity index (χ0v) is 7.58. The zero-order valence-electron chi connectivity index (χ0n) is 7.58. The first-order valence-electron chi connectivity index (χ1n) is 4.62. The summed E-state index contributed by atoms with van der Waals surface area (Å²) in [5, 5.41) is 8.84. The predicted molar refractivity (Wildman–Crippen MR) is 46.5 cm³/mol. The second-order valence-electron chi connectivity index (χ2n) is 3.64. The first kappa shape index (κ1) is 9.01. The SMILES string of the molecule is CCCC1CN(C(C)CO)C1. The third kappa shape index (κ3) is 2.17. The largest absolute Gasteiger partial charge is 0.395 e. The van der Waals surface area contributed by atoms with E-state index in [0.29, 0.717) is 12.6 Å². The smallest absolute Gasteiger partial charge is 0.0584 e. The molecule has 1 heterocycles. The Hall–Kier alpha value is -0.0800. The molecule has 0 aromatic heterocycles. The van der Waals surface area contributed by atoms with Gasteiger partial charge in [-0.3, -0.25) is 4.90 Å². The predicted octanol–water partition coefficient (Wildman–Crippen LogP) is 1.10. The lowest BCUT2D eigenvalue weighted by atomic mass is 9.93. The minimum Gasteiger partial charge on any atom is -0.395 e. The minimum atomic E-state index is 0.304. The quantitative estimate of drug-likeness (QED) is 0.660. The maximum atomic E-state index is 8.84. The summed E-state index contributed by atoms with van der Waals surface area (Å²) in [6.45, 7) is 7.03. The van der Waals surface area contributed by atoms with Crippen molar-refractivity contribution in [1.29, 1.82) is 0 Å². The second-order valence-corrected chi connectivity index (χ2v) is 3.64. The molecule has 1 atom stereocenters. The van der Waals surface area contributed by atoms with Crippen LogP contribution in [-0.4, -0.2) is 35.7 Å². The summed E-state index contributed by atoms with van der Waals surface area (Å²) in [4.78, 5) is 2.35. The topological polar surface area (TPSA) is 23.5 Å². The highest BCUT2D eigenvalue weighted by Gasteiger charge is 2.28. The molecule has 1 aliphatic heterocycles. The van der Waals surface area contributed by atoms with Crippen molar-refractivity contribution >= 4 is 0 Å². The van der Waals surface area contributed by atoms with Gasteiger partial charge in [0.1, 0.15) is 0 Å². The third-order valence-electron chi connectivity index (χ3n) is 2.57. The lowest BCUT2D eigenvalue weighted by Gasteiger charge is -2.42. The maximum absolute atomic E-state index is 8.84. The van der Waals surface area contributed by atoms with Gasteiger partial charge in [-0.15, -0.1) is 0 Å². The lowest BCUT2D eigenvalue weighted by molar-refractivity contribution is 0.0287. The molecular weight excluding hydrogens is 138 g/mol. The van der Waals surface area contributed by atoms with Crippen LogP contribution in [-0.2, 0) is 0 Å². The molecule has 1 aliphatic rings. The van der Waals surface area contributed by atoms with Crippen LogP contribution in [0.3, 0.4) is 0 Å². The van der Waals surface area contributed by atoms with Crippen molar-refractivity contribution < 1.29 is 5.11 Å². The van der Waals surface area contributed by atoms with Gasteiger partial charge in [-0.1, -0.05) is 13.3 Å². The first-order chi connectivity index (χ1) is 5.27. The summed E-state index contributed by atoms with van der Waals surface area (Å²) in [5.74, 6) is 0.911. The van der Waals surface area contributed by atoms with Crippen molar-refractivity contribution in [2.45, 2.75) is 32.7 Å². The van der Waals surface area contributed by atoms with E-state index < -0.39 is 0 Å². The molecule has 0 amide bonds. The number of aliphatic hydroxyl groups excluding tert-OH is 1. The Balaban J connectivity index is 2.08. The maximum Gasteiger partial charge on any atom is 0.0584 e. The van der Waals surface area contributed by atoms with Gasteiger partial charge in [0.25, 0.3) is 0 Å². The molecule has 1 rings (SSSR count). The molecule has 66 valence electrons. The number of nitrogens with zero attached hydrogens (tertiary/aromatic N) is 1. The highest BCUT2D eigenvalue weighted by Crippen LogP contribution is 2.22. The van der Waals surface area contributed by atoms with Crippen molar-refractivity contribution in [2.75, 3.05) is 19.7 Å². The van der Waals surface area contributed by atoms with Crippen LogP contribution in [0.1, 0.15) is 26.7 Å². The lowest BCUT2D eigenvalue weighted by Crippen LogP contribution is -2.52. The van der Waals surface area contributed by atoms with Gasteiger partial charge in [0.15, 0.2) is 0 Å². The van der Waals surface area contributed by atoms with E-state index in [1.165, 1.54) is 25.9 Å². The standard InChI is InChI=1S/C9H19NO/c1-3-4-9-5-10(6-9)8(2)7-11/h8-9,11H,3-7H2,1-2H3. The molecule has 0 saturated carbocycles. The Morgan fingerprint density at radius 2 is 2.18 bits per heavy atom. The van der Waals surface area contributed by atoms with Crippen LogP contribution in [0, 0.1) is 5.92 Å². The summed E-state index contributed by atoms with van der Waals surface area (Å²) in [6, 6.07) is 0.378. The minimum absolute atomic E-state index is 0.304. The normalized spacial score (nSPS) is 23.2. The Labute approximate surface area is 69.2 Å². The number of rotatable bonds is 4. The molecule has 2 nitrogen and oxygen atoms in total. The fraction of sp³-hybridized carbons (Fsp3) is 1.00. The second kappa shape index (κ2) is 4.07. The number of hydrogen-bond acceptors (Lipinski definition) is 2. The van der Waals surface area contributed by atoms with Gasteiger partial charge < -0.3 is 5.11 Å². The van der Waals surface area contributed by atoms with Gasteiger partial charge in [-0.2, -0.15) is 0 Å². The first-order valence-corrected chi connectivity index (χ1v) is 4.62. The molecule has 11 heavy (non-hydrogen) atoms. The van der Waals surface area contributed by atoms with Crippen LogP contribution in [0.2, 0.25) is 0 Å². The molecule has 1 saturated heterocycles.